The molecule has 1 aliphatic carbocycles. The Morgan fingerprint density at radius 3 is 3.05 bits per heavy atom. The zero-order valence-corrected chi connectivity index (χ0v) is 10.6. The summed E-state index contributed by atoms with van der Waals surface area (Å²) in [5, 5.41) is 16.1. The lowest BCUT2D eigenvalue weighted by Gasteiger charge is -2.26. The highest BCUT2D eigenvalue weighted by atomic mass is 16.5. The van der Waals surface area contributed by atoms with Crippen LogP contribution in [0.1, 0.15) is 17.2 Å². The fourth-order valence-electron chi connectivity index (χ4n) is 2.74. The maximum absolute atomic E-state index is 12.1. The van der Waals surface area contributed by atoms with Crippen LogP contribution in [0.15, 0.2) is 24.3 Å². The number of carbonyl (C=O) groups is 1. The highest BCUT2D eigenvalue weighted by molar-refractivity contribution is 5.82. The summed E-state index contributed by atoms with van der Waals surface area (Å²) >= 11 is 0. The molecular weight excluding hydrogens is 244 g/mol. The molecule has 2 aliphatic rings. The van der Waals surface area contributed by atoms with E-state index in [1.54, 1.807) is 0 Å². The van der Waals surface area contributed by atoms with Gasteiger partial charge in [0.05, 0.1) is 25.4 Å². The number of carbonyl (C=O) groups excluding carboxylic acids is 1. The minimum Gasteiger partial charge on any atom is -0.390 e. The number of hydrogen-bond donors (Lipinski definition) is 3. The first-order valence-corrected chi connectivity index (χ1v) is 6.63. The molecule has 1 unspecified atom stereocenters. The van der Waals surface area contributed by atoms with E-state index in [9.17, 15) is 9.90 Å². The predicted molar refractivity (Wildman–Crippen MR) is 69.6 cm³/mol. The van der Waals surface area contributed by atoms with Crippen molar-refractivity contribution in [2.24, 2.45) is 0 Å². The Balaban J connectivity index is 1.71. The molecule has 0 aromatic heterocycles. The molecule has 0 spiro atoms. The van der Waals surface area contributed by atoms with E-state index in [1.807, 2.05) is 24.3 Å². The molecule has 0 radical (unpaired) electrons. The van der Waals surface area contributed by atoms with Crippen molar-refractivity contribution in [1.29, 1.82) is 0 Å². The standard InChI is InChI=1S/C14H18N2O3/c17-12-7-9-3-1-2-4-10(9)13(12)16-14(18)11-8-19-6-5-15-11/h1-4,11-13,15,17H,5-8H2,(H,16,18)/t11?,12-,13+/m0/s1. The second-order valence-corrected chi connectivity index (χ2v) is 5.04. The van der Waals surface area contributed by atoms with Crippen molar-refractivity contribution < 1.29 is 14.6 Å². The van der Waals surface area contributed by atoms with Gasteiger partial charge in [0.1, 0.15) is 6.04 Å². The fourth-order valence-corrected chi connectivity index (χ4v) is 2.74. The van der Waals surface area contributed by atoms with Crippen molar-refractivity contribution in [3.63, 3.8) is 0 Å². The van der Waals surface area contributed by atoms with Crippen LogP contribution in [0.3, 0.4) is 0 Å². The molecule has 3 atom stereocenters. The Morgan fingerprint density at radius 2 is 2.26 bits per heavy atom. The predicted octanol–water partition coefficient (Wildman–Crippen LogP) is -0.251. The summed E-state index contributed by atoms with van der Waals surface area (Å²) in [4.78, 5) is 12.1. The molecule has 102 valence electrons. The number of ether oxygens (including phenoxy) is 1. The van der Waals surface area contributed by atoms with Gasteiger partial charge in [-0.25, -0.2) is 0 Å². The maximum atomic E-state index is 12.1. The first kappa shape index (κ1) is 12.6. The molecule has 1 aromatic rings. The molecule has 1 fully saturated rings. The van der Waals surface area contributed by atoms with Gasteiger partial charge in [-0.05, 0) is 11.1 Å². The summed E-state index contributed by atoms with van der Waals surface area (Å²) in [6.45, 7) is 1.71. The first-order valence-electron chi connectivity index (χ1n) is 6.63. The third-order valence-electron chi connectivity index (χ3n) is 3.74. The van der Waals surface area contributed by atoms with Gasteiger partial charge in [-0.15, -0.1) is 0 Å². The van der Waals surface area contributed by atoms with Crippen LogP contribution in [0.4, 0.5) is 0 Å². The summed E-state index contributed by atoms with van der Waals surface area (Å²) in [5.74, 6) is -0.111. The Morgan fingerprint density at radius 1 is 1.42 bits per heavy atom. The number of morpholine rings is 1. The normalized spacial score (nSPS) is 29.8. The number of fused-ring (bicyclic) bond motifs is 1. The first-order chi connectivity index (χ1) is 9.25. The number of aliphatic hydroxyl groups is 1. The van der Waals surface area contributed by atoms with E-state index < -0.39 is 6.10 Å². The van der Waals surface area contributed by atoms with Gasteiger partial charge >= 0.3 is 0 Å². The lowest BCUT2D eigenvalue weighted by Crippen LogP contribution is -2.52. The van der Waals surface area contributed by atoms with Gasteiger partial charge in [-0.3, -0.25) is 4.79 Å². The molecule has 0 saturated carbocycles. The highest BCUT2D eigenvalue weighted by Crippen LogP contribution is 2.31. The van der Waals surface area contributed by atoms with Gasteiger partial charge in [-0.2, -0.15) is 0 Å². The van der Waals surface area contributed by atoms with Gasteiger partial charge < -0.3 is 20.5 Å². The van der Waals surface area contributed by atoms with Crippen LogP contribution >= 0.6 is 0 Å². The van der Waals surface area contributed by atoms with Crippen LogP contribution in [-0.2, 0) is 16.0 Å². The van der Waals surface area contributed by atoms with E-state index in [1.165, 1.54) is 0 Å². The Kier molecular flexibility index (Phi) is 3.50. The minimum absolute atomic E-state index is 0.111. The van der Waals surface area contributed by atoms with Crippen LogP contribution in [-0.4, -0.2) is 42.9 Å². The molecule has 1 aliphatic heterocycles. The smallest absolute Gasteiger partial charge is 0.240 e. The van der Waals surface area contributed by atoms with E-state index in [0.717, 1.165) is 11.1 Å². The molecule has 1 heterocycles. The molecule has 3 N–H and O–H groups in total. The highest BCUT2D eigenvalue weighted by Gasteiger charge is 2.33. The van der Waals surface area contributed by atoms with Crippen LogP contribution in [0.25, 0.3) is 0 Å². The summed E-state index contributed by atoms with van der Waals surface area (Å²) in [6.07, 6.45) is 0.0428. The average Bonchev–Trinajstić information content (AvgIpc) is 2.76. The van der Waals surface area contributed by atoms with E-state index in [4.69, 9.17) is 4.74 Å². The van der Waals surface area contributed by atoms with Crippen molar-refractivity contribution in [2.75, 3.05) is 19.8 Å². The topological polar surface area (TPSA) is 70.6 Å². The summed E-state index contributed by atoms with van der Waals surface area (Å²) < 4.78 is 5.28. The Bertz CT molecular complexity index is 472. The Labute approximate surface area is 112 Å². The lowest BCUT2D eigenvalue weighted by molar-refractivity contribution is -0.127. The average molecular weight is 262 g/mol. The van der Waals surface area contributed by atoms with E-state index in [0.29, 0.717) is 26.2 Å². The third-order valence-corrected chi connectivity index (χ3v) is 3.74. The van der Waals surface area contributed by atoms with Crippen molar-refractivity contribution >= 4 is 5.91 Å². The number of nitrogens with one attached hydrogen (secondary N) is 2. The summed E-state index contributed by atoms with van der Waals surface area (Å²) in [5.41, 5.74) is 2.12. The van der Waals surface area contributed by atoms with Gasteiger partial charge in [0.25, 0.3) is 0 Å². The van der Waals surface area contributed by atoms with Crippen molar-refractivity contribution in [3.8, 4) is 0 Å². The Hall–Kier alpha value is -1.43. The van der Waals surface area contributed by atoms with Gasteiger partial charge in [0.2, 0.25) is 5.91 Å². The lowest BCUT2D eigenvalue weighted by atomic mass is 10.1. The second-order valence-electron chi connectivity index (χ2n) is 5.04. The molecule has 1 amide bonds. The molecule has 5 nitrogen and oxygen atoms in total. The summed E-state index contributed by atoms with van der Waals surface area (Å²) in [6, 6.07) is 7.19. The number of hydrogen-bond acceptors (Lipinski definition) is 4. The number of rotatable bonds is 2. The molecule has 19 heavy (non-hydrogen) atoms. The second kappa shape index (κ2) is 5.28. The number of amides is 1. The van der Waals surface area contributed by atoms with Crippen LogP contribution in [0, 0.1) is 0 Å². The maximum Gasteiger partial charge on any atom is 0.240 e. The van der Waals surface area contributed by atoms with Crippen molar-refractivity contribution in [1.82, 2.24) is 10.6 Å². The molecule has 3 rings (SSSR count). The molecule has 0 bridgehead atoms. The molecule has 5 heteroatoms. The van der Waals surface area contributed by atoms with Crippen LogP contribution in [0.2, 0.25) is 0 Å². The quantitative estimate of drug-likeness (QED) is 0.687. The van der Waals surface area contributed by atoms with E-state index >= 15 is 0 Å². The van der Waals surface area contributed by atoms with Gasteiger partial charge in [0.15, 0.2) is 0 Å². The minimum atomic E-state index is -0.550. The zero-order chi connectivity index (χ0) is 13.2. The van der Waals surface area contributed by atoms with Gasteiger partial charge in [-0.1, -0.05) is 24.3 Å². The van der Waals surface area contributed by atoms with E-state index in [-0.39, 0.29) is 18.0 Å². The van der Waals surface area contributed by atoms with Crippen LogP contribution in [0.5, 0.6) is 0 Å². The van der Waals surface area contributed by atoms with Gasteiger partial charge in [0, 0.05) is 13.0 Å². The molecule has 1 saturated heterocycles. The van der Waals surface area contributed by atoms with E-state index in [2.05, 4.69) is 10.6 Å². The molecule has 1 aromatic carbocycles. The largest absolute Gasteiger partial charge is 0.390 e. The van der Waals surface area contributed by atoms with Crippen molar-refractivity contribution in [2.45, 2.75) is 24.6 Å². The molecular formula is C14H18N2O3. The SMILES string of the molecule is O=C(N[C@@H]1c2ccccc2C[C@@H]1O)C1COCCN1. The summed E-state index contributed by atoms with van der Waals surface area (Å²) in [7, 11) is 0. The van der Waals surface area contributed by atoms with Crippen molar-refractivity contribution in [3.05, 3.63) is 35.4 Å². The number of aliphatic hydroxyl groups excluding tert-OH is 1. The number of benzene rings is 1. The third kappa shape index (κ3) is 2.49. The zero-order valence-electron chi connectivity index (χ0n) is 10.6. The fraction of sp³-hybridized carbons (Fsp3) is 0.500. The van der Waals surface area contributed by atoms with Crippen LogP contribution < -0.4 is 10.6 Å². The monoisotopic (exact) mass is 262 g/mol.